The smallest absolute Gasteiger partial charge is 0.338 e. The first-order valence-corrected chi connectivity index (χ1v) is 11.7. The second kappa shape index (κ2) is 11.9. The lowest BCUT2D eigenvalue weighted by molar-refractivity contribution is -0.139. The Kier molecular flexibility index (Phi) is 8.72. The first-order valence-electron chi connectivity index (χ1n) is 11.7. The van der Waals surface area contributed by atoms with Gasteiger partial charge in [-0.1, -0.05) is 19.1 Å². The van der Waals surface area contributed by atoms with Gasteiger partial charge in [-0.2, -0.15) is 0 Å². The number of ether oxygens (including phenoxy) is 2. The minimum Gasteiger partial charge on any atom is -0.494 e. The van der Waals surface area contributed by atoms with Crippen LogP contribution >= 0.6 is 0 Å². The number of urea groups is 2. The molecule has 2 aromatic rings. The van der Waals surface area contributed by atoms with Crippen LogP contribution < -0.4 is 20.7 Å². The summed E-state index contributed by atoms with van der Waals surface area (Å²) in [6, 6.07) is 12.7. The average Bonchev–Trinajstić information content (AvgIpc) is 2.83. The van der Waals surface area contributed by atoms with Crippen LogP contribution in [0.1, 0.15) is 45.7 Å². The van der Waals surface area contributed by atoms with Crippen LogP contribution in [0.3, 0.4) is 0 Å². The number of nitrogens with zero attached hydrogens (tertiary/aromatic N) is 1. The van der Waals surface area contributed by atoms with E-state index in [0.29, 0.717) is 41.4 Å². The van der Waals surface area contributed by atoms with Crippen molar-refractivity contribution in [3.05, 3.63) is 65.4 Å². The Labute approximate surface area is 205 Å². The fraction of sp³-hybridized carbons (Fsp3) is 0.346. The van der Waals surface area contributed by atoms with E-state index in [4.69, 9.17) is 9.47 Å². The number of amides is 4. The third-order valence-corrected chi connectivity index (χ3v) is 5.46. The summed E-state index contributed by atoms with van der Waals surface area (Å²) < 4.78 is 10.7. The quantitative estimate of drug-likeness (QED) is 0.436. The number of allylic oxidation sites excluding steroid dienone is 1. The Bertz CT molecular complexity index is 1080. The number of hydrogen-bond acceptors (Lipinski definition) is 5. The van der Waals surface area contributed by atoms with E-state index >= 15 is 0 Å². The first-order chi connectivity index (χ1) is 16.9. The SMILES string of the molecule is CCCN1C(=O)NC(c2ccc(NC(=O)Nc3ccc(OCC)cc3)cc2)C(C(=O)OCC)=C1C. The number of nitrogens with one attached hydrogen (secondary N) is 3. The lowest BCUT2D eigenvalue weighted by atomic mass is 9.94. The third kappa shape index (κ3) is 6.32. The zero-order valence-electron chi connectivity index (χ0n) is 20.5. The van der Waals surface area contributed by atoms with Crippen molar-refractivity contribution in [3.63, 3.8) is 0 Å². The molecule has 9 heteroatoms. The number of hydrogen-bond donors (Lipinski definition) is 3. The molecule has 1 atom stereocenters. The van der Waals surface area contributed by atoms with Crippen LogP contribution in [-0.4, -0.2) is 42.7 Å². The molecule has 0 radical (unpaired) electrons. The van der Waals surface area contributed by atoms with E-state index in [9.17, 15) is 14.4 Å². The molecule has 0 fully saturated rings. The summed E-state index contributed by atoms with van der Waals surface area (Å²) in [5, 5.41) is 8.45. The highest BCUT2D eigenvalue weighted by molar-refractivity contribution is 6.00. The fourth-order valence-corrected chi connectivity index (χ4v) is 3.85. The van der Waals surface area contributed by atoms with Crippen LogP contribution in [0.4, 0.5) is 21.0 Å². The maximum absolute atomic E-state index is 12.8. The van der Waals surface area contributed by atoms with Gasteiger partial charge in [0.15, 0.2) is 0 Å². The lowest BCUT2D eigenvalue weighted by Crippen LogP contribution is -2.48. The monoisotopic (exact) mass is 480 g/mol. The summed E-state index contributed by atoms with van der Waals surface area (Å²) in [5.74, 6) is 0.265. The molecule has 9 nitrogen and oxygen atoms in total. The van der Waals surface area contributed by atoms with Gasteiger partial charge in [0.2, 0.25) is 0 Å². The van der Waals surface area contributed by atoms with E-state index in [0.717, 1.165) is 12.2 Å². The van der Waals surface area contributed by atoms with Gasteiger partial charge in [0.1, 0.15) is 5.75 Å². The van der Waals surface area contributed by atoms with Crippen molar-refractivity contribution in [2.24, 2.45) is 0 Å². The maximum Gasteiger partial charge on any atom is 0.338 e. The molecule has 0 aliphatic carbocycles. The van der Waals surface area contributed by atoms with Gasteiger partial charge in [-0.25, -0.2) is 14.4 Å². The van der Waals surface area contributed by atoms with Gasteiger partial charge < -0.3 is 25.4 Å². The summed E-state index contributed by atoms with van der Waals surface area (Å²) in [5.41, 5.74) is 2.87. The summed E-state index contributed by atoms with van der Waals surface area (Å²) >= 11 is 0. The first kappa shape index (κ1) is 25.6. The topological polar surface area (TPSA) is 109 Å². The van der Waals surface area contributed by atoms with Gasteiger partial charge in [0.25, 0.3) is 0 Å². The molecule has 0 saturated carbocycles. The highest BCUT2D eigenvalue weighted by atomic mass is 16.5. The summed E-state index contributed by atoms with van der Waals surface area (Å²) in [7, 11) is 0. The van der Waals surface area contributed by atoms with E-state index < -0.39 is 18.0 Å². The Morgan fingerprint density at radius 1 is 0.943 bits per heavy atom. The van der Waals surface area contributed by atoms with Crippen LogP contribution in [0.5, 0.6) is 5.75 Å². The summed E-state index contributed by atoms with van der Waals surface area (Å²) in [4.78, 5) is 39.4. The third-order valence-electron chi connectivity index (χ3n) is 5.46. The van der Waals surface area contributed by atoms with Gasteiger partial charge in [-0.05, 0) is 69.2 Å². The molecule has 3 rings (SSSR count). The van der Waals surface area contributed by atoms with Crippen molar-refractivity contribution in [2.45, 2.75) is 40.2 Å². The molecule has 3 N–H and O–H groups in total. The van der Waals surface area contributed by atoms with Crippen LogP contribution in [0.25, 0.3) is 0 Å². The molecule has 35 heavy (non-hydrogen) atoms. The zero-order chi connectivity index (χ0) is 25.4. The minimum absolute atomic E-state index is 0.233. The fourth-order valence-electron chi connectivity index (χ4n) is 3.85. The number of carbonyl (C=O) groups excluding carboxylic acids is 3. The van der Waals surface area contributed by atoms with Gasteiger partial charge >= 0.3 is 18.0 Å². The molecule has 0 spiro atoms. The Morgan fingerprint density at radius 3 is 2.09 bits per heavy atom. The molecule has 0 aromatic heterocycles. The van der Waals surface area contributed by atoms with Crippen molar-refractivity contribution in [3.8, 4) is 5.75 Å². The highest BCUT2D eigenvalue weighted by Gasteiger charge is 2.36. The molecule has 186 valence electrons. The molecule has 1 unspecified atom stereocenters. The van der Waals surface area contributed by atoms with Crippen molar-refractivity contribution in [1.82, 2.24) is 10.2 Å². The molecule has 1 aliphatic rings. The second-order valence-corrected chi connectivity index (χ2v) is 7.91. The molecular formula is C26H32N4O5. The zero-order valence-corrected chi connectivity index (χ0v) is 20.5. The Hall–Kier alpha value is -4.01. The van der Waals surface area contributed by atoms with Gasteiger partial charge in [0, 0.05) is 23.6 Å². The number of esters is 1. The normalized spacial score (nSPS) is 15.4. The highest BCUT2D eigenvalue weighted by Crippen LogP contribution is 2.32. The van der Waals surface area contributed by atoms with Crippen LogP contribution in [-0.2, 0) is 9.53 Å². The van der Waals surface area contributed by atoms with Crippen molar-refractivity contribution in [1.29, 1.82) is 0 Å². The Balaban J connectivity index is 1.74. The summed E-state index contributed by atoms with van der Waals surface area (Å²) in [6.45, 7) is 8.68. The van der Waals surface area contributed by atoms with E-state index in [-0.39, 0.29) is 12.6 Å². The number of anilines is 2. The van der Waals surface area contributed by atoms with Crippen LogP contribution in [0, 0.1) is 0 Å². The van der Waals surface area contributed by atoms with E-state index in [1.54, 1.807) is 67.3 Å². The second-order valence-electron chi connectivity index (χ2n) is 7.91. The lowest BCUT2D eigenvalue weighted by Gasteiger charge is -2.35. The van der Waals surface area contributed by atoms with E-state index in [1.165, 1.54) is 0 Å². The molecule has 1 heterocycles. The van der Waals surface area contributed by atoms with E-state index in [2.05, 4.69) is 16.0 Å². The molecule has 2 aromatic carbocycles. The summed E-state index contributed by atoms with van der Waals surface area (Å²) in [6.07, 6.45) is 0.755. The standard InChI is InChI=1S/C26H32N4O5/c1-5-16-30-17(4)22(24(31)35-7-3)23(29-26(30)33)18-8-10-19(11-9-18)27-25(32)28-20-12-14-21(15-13-20)34-6-2/h8-15,23H,5-7,16H2,1-4H3,(H,29,33)(H2,27,28,32). The van der Waals surface area contributed by atoms with Gasteiger partial charge in [-0.15, -0.1) is 0 Å². The molecule has 0 bridgehead atoms. The largest absolute Gasteiger partial charge is 0.494 e. The Morgan fingerprint density at radius 2 is 1.54 bits per heavy atom. The van der Waals surface area contributed by atoms with Crippen molar-refractivity contribution >= 4 is 29.4 Å². The molecule has 0 saturated heterocycles. The van der Waals surface area contributed by atoms with Crippen LogP contribution in [0.15, 0.2) is 59.8 Å². The molecule has 4 amide bonds. The number of benzene rings is 2. The molecular weight excluding hydrogens is 448 g/mol. The number of carbonyl (C=O) groups is 3. The molecule has 1 aliphatic heterocycles. The van der Waals surface area contributed by atoms with Crippen molar-refractivity contribution < 1.29 is 23.9 Å². The van der Waals surface area contributed by atoms with Crippen molar-refractivity contribution in [2.75, 3.05) is 30.4 Å². The minimum atomic E-state index is -0.651. The van der Waals surface area contributed by atoms with Gasteiger partial charge in [-0.3, -0.25) is 4.90 Å². The average molecular weight is 481 g/mol. The van der Waals surface area contributed by atoms with E-state index in [1.807, 2.05) is 13.8 Å². The number of rotatable bonds is 9. The predicted octanol–water partition coefficient (Wildman–Crippen LogP) is 5.04. The van der Waals surface area contributed by atoms with Crippen LogP contribution in [0.2, 0.25) is 0 Å². The maximum atomic E-state index is 12.8. The predicted molar refractivity (Wildman–Crippen MR) is 134 cm³/mol. The van der Waals surface area contributed by atoms with Gasteiger partial charge in [0.05, 0.1) is 24.8 Å².